The molecule has 10 atom stereocenters. The molecule has 0 saturated heterocycles. The molecule has 4 rings (SSSR count). The third-order valence-electron chi connectivity index (χ3n) is 11.5. The molecule has 0 aromatic rings. The molecule has 0 spiro atoms. The Morgan fingerprint density at radius 2 is 1.66 bits per heavy atom. The van der Waals surface area contributed by atoms with Crippen LogP contribution in [0.5, 0.6) is 0 Å². The number of carbonyl (C=O) groups excluding carboxylic acids is 3. The molecule has 0 heterocycles. The third kappa shape index (κ3) is 4.48. The number of ether oxygens (including phenoxy) is 2. The van der Waals surface area contributed by atoms with Gasteiger partial charge in [-0.3, -0.25) is 14.4 Å². The quantitative estimate of drug-likeness (QED) is 0.389. The van der Waals surface area contributed by atoms with Crippen molar-refractivity contribution in [2.24, 2.45) is 52.3 Å². The van der Waals surface area contributed by atoms with Gasteiger partial charge in [0.2, 0.25) is 0 Å². The number of fused-ring (bicyclic) bond motifs is 5. The Bertz CT molecular complexity index is 822. The van der Waals surface area contributed by atoms with E-state index >= 15 is 0 Å². The molecule has 4 fully saturated rings. The van der Waals surface area contributed by atoms with Crippen LogP contribution in [0.4, 0.5) is 0 Å². The summed E-state index contributed by atoms with van der Waals surface area (Å²) in [7, 11) is 1.47. The lowest BCUT2D eigenvalue weighted by Gasteiger charge is -2.62. The third-order valence-corrected chi connectivity index (χ3v) is 11.5. The van der Waals surface area contributed by atoms with Crippen molar-refractivity contribution in [3.63, 3.8) is 0 Å². The van der Waals surface area contributed by atoms with Gasteiger partial charge in [0, 0.05) is 24.7 Å². The second-order valence-electron chi connectivity index (χ2n) is 12.8. The number of esters is 2. The van der Waals surface area contributed by atoms with E-state index in [1.807, 2.05) is 6.92 Å². The summed E-state index contributed by atoms with van der Waals surface area (Å²) in [4.78, 5) is 38.0. The maximum atomic E-state index is 14.2. The van der Waals surface area contributed by atoms with E-state index in [-0.39, 0.29) is 40.7 Å². The number of carbonyl (C=O) groups is 3. The minimum absolute atomic E-state index is 0.0284. The van der Waals surface area contributed by atoms with E-state index in [9.17, 15) is 14.4 Å². The standard InChI is InChI=1S/C30H48O5/c1-7-20-24-17-19(35-25(31)8-2)13-15-30(24,5)23-14-16-29(4)21(18(3)9-12-26(32)34-6)10-11-22(29)27(23)28(20)33/h18-24,27H,7-17H2,1-6H3/t18-,19-,20?,21?,22?,23?,24?,27?,29-,30-/m1/s1. The highest BCUT2D eigenvalue weighted by molar-refractivity contribution is 5.86. The van der Waals surface area contributed by atoms with Crippen LogP contribution in [-0.4, -0.2) is 30.9 Å². The Morgan fingerprint density at radius 1 is 0.971 bits per heavy atom. The second kappa shape index (κ2) is 10.2. The van der Waals surface area contributed by atoms with Crippen molar-refractivity contribution in [3.05, 3.63) is 0 Å². The summed E-state index contributed by atoms with van der Waals surface area (Å²) in [5.41, 5.74) is 0.339. The number of rotatable bonds is 7. The lowest BCUT2D eigenvalue weighted by molar-refractivity contribution is -0.179. The van der Waals surface area contributed by atoms with Crippen LogP contribution in [0.1, 0.15) is 105 Å². The summed E-state index contributed by atoms with van der Waals surface area (Å²) in [5, 5.41) is 0. The van der Waals surface area contributed by atoms with E-state index in [0.717, 1.165) is 44.9 Å². The van der Waals surface area contributed by atoms with Gasteiger partial charge in [0.1, 0.15) is 11.9 Å². The lowest BCUT2D eigenvalue weighted by Crippen LogP contribution is -2.60. The monoisotopic (exact) mass is 488 g/mol. The largest absolute Gasteiger partial charge is 0.469 e. The fourth-order valence-corrected chi connectivity index (χ4v) is 9.62. The van der Waals surface area contributed by atoms with Crippen molar-refractivity contribution in [2.75, 3.05) is 7.11 Å². The van der Waals surface area contributed by atoms with E-state index < -0.39 is 0 Å². The molecule has 5 nitrogen and oxygen atoms in total. The van der Waals surface area contributed by atoms with Gasteiger partial charge in [-0.15, -0.1) is 0 Å². The van der Waals surface area contributed by atoms with Crippen LogP contribution >= 0.6 is 0 Å². The maximum Gasteiger partial charge on any atom is 0.305 e. The van der Waals surface area contributed by atoms with Crippen molar-refractivity contribution in [1.29, 1.82) is 0 Å². The molecule has 198 valence electrons. The molecule has 0 N–H and O–H groups in total. The number of Topliss-reactive ketones (excluding diaryl/α,β-unsaturated/α-hetero) is 1. The summed E-state index contributed by atoms with van der Waals surface area (Å²) >= 11 is 0. The first-order chi connectivity index (χ1) is 16.6. The average molecular weight is 489 g/mol. The Labute approximate surface area is 212 Å². The van der Waals surface area contributed by atoms with Crippen LogP contribution in [0, 0.1) is 52.3 Å². The van der Waals surface area contributed by atoms with Gasteiger partial charge in [0.15, 0.2) is 0 Å². The van der Waals surface area contributed by atoms with Gasteiger partial charge in [-0.05, 0) is 98.2 Å². The molecule has 4 saturated carbocycles. The highest BCUT2D eigenvalue weighted by Crippen LogP contribution is 2.68. The molecule has 0 bridgehead atoms. The van der Waals surface area contributed by atoms with Gasteiger partial charge in [-0.1, -0.05) is 34.6 Å². The molecule has 0 aromatic heterocycles. The average Bonchev–Trinajstić information content (AvgIpc) is 3.20. The molecular weight excluding hydrogens is 440 g/mol. The molecule has 0 radical (unpaired) electrons. The Balaban J connectivity index is 1.56. The first-order valence-corrected chi connectivity index (χ1v) is 14.4. The van der Waals surface area contributed by atoms with Crippen molar-refractivity contribution < 1.29 is 23.9 Å². The van der Waals surface area contributed by atoms with E-state index in [2.05, 4.69) is 27.7 Å². The van der Waals surface area contributed by atoms with Crippen LogP contribution in [0.3, 0.4) is 0 Å². The molecule has 6 unspecified atom stereocenters. The fourth-order valence-electron chi connectivity index (χ4n) is 9.62. The number of hydrogen-bond donors (Lipinski definition) is 0. The van der Waals surface area contributed by atoms with E-state index in [1.54, 1.807) is 0 Å². The molecule has 0 aromatic carbocycles. The molecule has 4 aliphatic rings. The predicted octanol–water partition coefficient (Wildman–Crippen LogP) is 6.37. The van der Waals surface area contributed by atoms with Crippen LogP contribution in [0.15, 0.2) is 0 Å². The van der Waals surface area contributed by atoms with Gasteiger partial charge in [-0.2, -0.15) is 0 Å². The molecule has 0 amide bonds. The molecule has 35 heavy (non-hydrogen) atoms. The summed E-state index contributed by atoms with van der Waals surface area (Å²) in [6.45, 7) is 11.3. The Morgan fingerprint density at radius 3 is 2.31 bits per heavy atom. The highest BCUT2D eigenvalue weighted by Gasteiger charge is 2.65. The normalized spacial score (nSPS) is 43.5. The number of ketones is 1. The number of methoxy groups -OCH3 is 1. The van der Waals surface area contributed by atoms with Crippen LogP contribution < -0.4 is 0 Å². The summed E-state index contributed by atoms with van der Waals surface area (Å²) in [6, 6.07) is 0. The zero-order chi connectivity index (χ0) is 25.5. The molecule has 5 heteroatoms. The maximum absolute atomic E-state index is 14.2. The van der Waals surface area contributed by atoms with Gasteiger partial charge in [0.25, 0.3) is 0 Å². The second-order valence-corrected chi connectivity index (χ2v) is 12.8. The zero-order valence-electron chi connectivity index (χ0n) is 22.9. The summed E-state index contributed by atoms with van der Waals surface area (Å²) < 4.78 is 10.7. The Hall–Kier alpha value is -1.39. The topological polar surface area (TPSA) is 69.7 Å². The first kappa shape index (κ1) is 26.7. The lowest BCUT2D eigenvalue weighted by atomic mass is 9.42. The first-order valence-electron chi connectivity index (χ1n) is 14.4. The predicted molar refractivity (Wildman–Crippen MR) is 135 cm³/mol. The zero-order valence-corrected chi connectivity index (χ0v) is 22.9. The minimum Gasteiger partial charge on any atom is -0.469 e. The Kier molecular flexibility index (Phi) is 7.75. The van der Waals surface area contributed by atoms with Crippen molar-refractivity contribution in [1.82, 2.24) is 0 Å². The van der Waals surface area contributed by atoms with Crippen molar-refractivity contribution >= 4 is 17.7 Å². The molecular formula is C30H48O5. The highest BCUT2D eigenvalue weighted by atomic mass is 16.5. The molecule has 4 aliphatic carbocycles. The van der Waals surface area contributed by atoms with Crippen LogP contribution in [0.25, 0.3) is 0 Å². The molecule has 0 aliphatic heterocycles. The van der Waals surface area contributed by atoms with Gasteiger partial charge >= 0.3 is 11.9 Å². The summed E-state index contributed by atoms with van der Waals surface area (Å²) in [6.07, 6.45) is 10.1. The fraction of sp³-hybridized carbons (Fsp3) is 0.900. The summed E-state index contributed by atoms with van der Waals surface area (Å²) in [5.74, 6) is 2.82. The van der Waals surface area contributed by atoms with Gasteiger partial charge in [-0.25, -0.2) is 0 Å². The van der Waals surface area contributed by atoms with Gasteiger partial charge in [0.05, 0.1) is 7.11 Å². The van der Waals surface area contributed by atoms with E-state index in [1.165, 1.54) is 20.0 Å². The van der Waals surface area contributed by atoms with Crippen molar-refractivity contribution in [3.8, 4) is 0 Å². The van der Waals surface area contributed by atoms with Gasteiger partial charge < -0.3 is 9.47 Å². The minimum atomic E-state index is -0.118. The van der Waals surface area contributed by atoms with E-state index in [4.69, 9.17) is 9.47 Å². The van der Waals surface area contributed by atoms with E-state index in [0.29, 0.717) is 48.2 Å². The SMILES string of the molecule is CCC(=O)O[C@@H]1CC[C@@]2(C)C(C1)C(CC)C(=O)C1C2CC[C@@]2(C)C1CCC2[C@H](C)CCC(=O)OC. The van der Waals surface area contributed by atoms with Crippen molar-refractivity contribution in [2.45, 2.75) is 111 Å². The smallest absolute Gasteiger partial charge is 0.305 e. The van der Waals surface area contributed by atoms with Crippen LogP contribution in [-0.2, 0) is 23.9 Å². The van der Waals surface area contributed by atoms with Crippen LogP contribution in [0.2, 0.25) is 0 Å². The number of hydrogen-bond acceptors (Lipinski definition) is 5.